The zero-order chi connectivity index (χ0) is 11.5. The van der Waals surface area contributed by atoms with Crippen molar-refractivity contribution in [2.45, 2.75) is 19.3 Å². The molecule has 1 aliphatic carbocycles. The summed E-state index contributed by atoms with van der Waals surface area (Å²) in [6.07, 6.45) is 2.95. The standard InChI is InChI=1S/C11H20N4/c1-14(2)10(15(3)4)13-9-11(5-6-11)7-8-12/h5-7,9H2,1-4H3. The molecule has 0 N–H and O–H groups in total. The Morgan fingerprint density at radius 1 is 1.27 bits per heavy atom. The molecular formula is C11H20N4. The van der Waals surface area contributed by atoms with Crippen LogP contribution in [-0.2, 0) is 0 Å². The third-order valence-electron chi connectivity index (χ3n) is 2.77. The van der Waals surface area contributed by atoms with E-state index >= 15 is 0 Å². The lowest BCUT2D eigenvalue weighted by molar-refractivity contribution is 0.464. The minimum absolute atomic E-state index is 0.200. The Morgan fingerprint density at radius 2 is 1.80 bits per heavy atom. The Hall–Kier alpha value is -1.24. The van der Waals surface area contributed by atoms with Crippen LogP contribution in [0.1, 0.15) is 19.3 Å². The van der Waals surface area contributed by atoms with E-state index in [0.29, 0.717) is 6.42 Å². The zero-order valence-corrected chi connectivity index (χ0v) is 10.1. The fourth-order valence-electron chi connectivity index (χ4n) is 1.66. The molecule has 1 aliphatic rings. The minimum atomic E-state index is 0.200. The molecule has 4 nitrogen and oxygen atoms in total. The Balaban J connectivity index is 2.58. The molecule has 0 spiro atoms. The number of rotatable bonds is 3. The Bertz CT molecular complexity index is 271. The van der Waals surface area contributed by atoms with E-state index in [1.165, 1.54) is 0 Å². The first-order valence-electron chi connectivity index (χ1n) is 5.27. The molecular weight excluding hydrogens is 188 g/mol. The van der Waals surface area contributed by atoms with Crippen molar-refractivity contribution >= 4 is 5.96 Å². The van der Waals surface area contributed by atoms with Gasteiger partial charge in [-0.05, 0) is 12.8 Å². The van der Waals surface area contributed by atoms with Crippen LogP contribution in [0, 0.1) is 16.7 Å². The van der Waals surface area contributed by atoms with Gasteiger partial charge in [0.15, 0.2) is 5.96 Å². The van der Waals surface area contributed by atoms with Gasteiger partial charge < -0.3 is 9.80 Å². The molecule has 0 unspecified atom stereocenters. The van der Waals surface area contributed by atoms with Crippen molar-refractivity contribution in [2.24, 2.45) is 10.4 Å². The van der Waals surface area contributed by atoms with Crippen molar-refractivity contribution in [3.63, 3.8) is 0 Å². The molecule has 0 aromatic heterocycles. The van der Waals surface area contributed by atoms with E-state index < -0.39 is 0 Å². The summed E-state index contributed by atoms with van der Waals surface area (Å²) in [5.74, 6) is 0.971. The summed E-state index contributed by atoms with van der Waals surface area (Å²) in [5, 5.41) is 8.71. The third kappa shape index (κ3) is 3.12. The van der Waals surface area contributed by atoms with Crippen LogP contribution in [0.5, 0.6) is 0 Å². The number of nitrogens with zero attached hydrogens (tertiary/aromatic N) is 4. The number of aliphatic imine (C=N–C) groups is 1. The van der Waals surface area contributed by atoms with Crippen molar-refractivity contribution in [2.75, 3.05) is 34.7 Å². The van der Waals surface area contributed by atoms with Gasteiger partial charge in [0.05, 0.1) is 6.07 Å². The zero-order valence-electron chi connectivity index (χ0n) is 10.1. The van der Waals surface area contributed by atoms with Gasteiger partial charge in [-0.15, -0.1) is 0 Å². The molecule has 0 aliphatic heterocycles. The fraction of sp³-hybridized carbons (Fsp3) is 0.818. The van der Waals surface area contributed by atoms with Crippen LogP contribution < -0.4 is 0 Å². The van der Waals surface area contributed by atoms with Gasteiger partial charge in [-0.1, -0.05) is 0 Å². The van der Waals surface area contributed by atoms with Gasteiger partial charge in [-0.3, -0.25) is 4.99 Å². The molecule has 0 amide bonds. The van der Waals surface area contributed by atoms with Crippen LogP contribution in [0.3, 0.4) is 0 Å². The quantitative estimate of drug-likeness (QED) is 0.516. The van der Waals surface area contributed by atoms with Gasteiger partial charge in [-0.2, -0.15) is 5.26 Å². The lowest BCUT2D eigenvalue weighted by atomic mass is 10.0. The summed E-state index contributed by atoms with van der Waals surface area (Å²) in [7, 11) is 7.96. The number of hydrogen-bond acceptors (Lipinski definition) is 2. The van der Waals surface area contributed by atoms with E-state index in [-0.39, 0.29) is 5.41 Å². The minimum Gasteiger partial charge on any atom is -0.349 e. The fourth-order valence-corrected chi connectivity index (χ4v) is 1.66. The lowest BCUT2D eigenvalue weighted by Gasteiger charge is -2.23. The lowest BCUT2D eigenvalue weighted by Crippen LogP contribution is -2.36. The number of guanidine groups is 1. The largest absolute Gasteiger partial charge is 0.349 e. The molecule has 4 heteroatoms. The van der Waals surface area contributed by atoms with Crippen LogP contribution in [0.4, 0.5) is 0 Å². The molecule has 1 saturated carbocycles. The topological polar surface area (TPSA) is 42.6 Å². The summed E-state index contributed by atoms with van der Waals surface area (Å²) in [5.41, 5.74) is 0.200. The summed E-state index contributed by atoms with van der Waals surface area (Å²) in [6, 6.07) is 2.26. The maximum atomic E-state index is 8.71. The first-order chi connectivity index (χ1) is 7.01. The van der Waals surface area contributed by atoms with E-state index in [9.17, 15) is 0 Å². The summed E-state index contributed by atoms with van der Waals surface area (Å²) >= 11 is 0. The molecule has 1 rings (SSSR count). The van der Waals surface area contributed by atoms with E-state index in [0.717, 1.165) is 25.3 Å². The molecule has 0 aromatic carbocycles. The summed E-state index contributed by atoms with van der Waals surface area (Å²) in [6.45, 7) is 0.784. The molecule has 84 valence electrons. The van der Waals surface area contributed by atoms with E-state index in [4.69, 9.17) is 5.26 Å². The summed E-state index contributed by atoms with van der Waals surface area (Å²) < 4.78 is 0. The average molecular weight is 208 g/mol. The average Bonchev–Trinajstić information content (AvgIpc) is 2.85. The van der Waals surface area contributed by atoms with Crippen LogP contribution in [0.15, 0.2) is 4.99 Å². The molecule has 0 radical (unpaired) electrons. The maximum Gasteiger partial charge on any atom is 0.195 e. The molecule has 0 aromatic rings. The second-order valence-electron chi connectivity index (χ2n) is 4.74. The van der Waals surface area contributed by atoms with Crippen molar-refractivity contribution in [3.05, 3.63) is 0 Å². The third-order valence-corrected chi connectivity index (χ3v) is 2.77. The predicted molar refractivity (Wildman–Crippen MR) is 61.6 cm³/mol. The molecule has 0 bridgehead atoms. The first-order valence-corrected chi connectivity index (χ1v) is 5.27. The van der Waals surface area contributed by atoms with Gasteiger partial charge >= 0.3 is 0 Å². The van der Waals surface area contributed by atoms with Gasteiger partial charge in [0, 0.05) is 46.6 Å². The van der Waals surface area contributed by atoms with E-state index in [2.05, 4.69) is 11.1 Å². The second kappa shape index (κ2) is 4.52. The smallest absolute Gasteiger partial charge is 0.195 e. The molecule has 1 fully saturated rings. The molecule has 0 saturated heterocycles. The van der Waals surface area contributed by atoms with Gasteiger partial charge in [-0.25, -0.2) is 0 Å². The summed E-state index contributed by atoms with van der Waals surface area (Å²) in [4.78, 5) is 8.60. The van der Waals surface area contributed by atoms with Crippen LogP contribution >= 0.6 is 0 Å². The highest BCUT2D eigenvalue weighted by Crippen LogP contribution is 2.48. The van der Waals surface area contributed by atoms with Crippen LogP contribution in [0.2, 0.25) is 0 Å². The van der Waals surface area contributed by atoms with E-state index in [1.54, 1.807) is 0 Å². The highest BCUT2D eigenvalue weighted by molar-refractivity contribution is 5.79. The van der Waals surface area contributed by atoms with Gasteiger partial charge in [0.1, 0.15) is 0 Å². The van der Waals surface area contributed by atoms with Crippen LogP contribution in [0.25, 0.3) is 0 Å². The van der Waals surface area contributed by atoms with Crippen molar-refractivity contribution in [1.29, 1.82) is 5.26 Å². The molecule has 0 atom stereocenters. The van der Waals surface area contributed by atoms with Crippen molar-refractivity contribution in [3.8, 4) is 6.07 Å². The Morgan fingerprint density at radius 3 is 2.13 bits per heavy atom. The molecule has 15 heavy (non-hydrogen) atoms. The monoisotopic (exact) mass is 208 g/mol. The normalized spacial score (nSPS) is 16.5. The number of nitriles is 1. The van der Waals surface area contributed by atoms with Crippen LogP contribution in [-0.4, -0.2) is 50.5 Å². The van der Waals surface area contributed by atoms with Crippen molar-refractivity contribution < 1.29 is 0 Å². The van der Waals surface area contributed by atoms with Gasteiger partial charge in [0.25, 0.3) is 0 Å². The first kappa shape index (κ1) is 11.8. The molecule has 0 heterocycles. The van der Waals surface area contributed by atoms with Gasteiger partial charge in [0.2, 0.25) is 0 Å². The highest BCUT2D eigenvalue weighted by atomic mass is 15.3. The Kier molecular flexibility index (Phi) is 3.57. The highest BCUT2D eigenvalue weighted by Gasteiger charge is 2.42. The SMILES string of the molecule is CN(C)C(=NCC1(CC#N)CC1)N(C)C. The van der Waals surface area contributed by atoms with Crippen molar-refractivity contribution in [1.82, 2.24) is 9.80 Å². The Labute approximate surface area is 92.2 Å². The second-order valence-corrected chi connectivity index (χ2v) is 4.74. The predicted octanol–water partition coefficient (Wildman–Crippen LogP) is 1.16. The maximum absolute atomic E-state index is 8.71. The number of hydrogen-bond donors (Lipinski definition) is 0. The van der Waals surface area contributed by atoms with E-state index in [1.807, 2.05) is 38.0 Å².